The molecular formula is C15H25NO5S2. The Morgan fingerprint density at radius 3 is 2.74 bits per heavy atom. The first-order valence-corrected chi connectivity index (χ1v) is 9.44. The van der Waals surface area contributed by atoms with Gasteiger partial charge in [0, 0.05) is 26.0 Å². The molecule has 3 heterocycles. The van der Waals surface area contributed by atoms with Crippen molar-refractivity contribution in [1.29, 1.82) is 0 Å². The standard InChI is InChI=1S/C15H25NO5S2/c1-15(2)20-12-11(18-3)10(19-13(12)21-15)9(17)8-23-14(22)16-6-4-5-7-16/h9-13,17H,4-8H2,1-3H3/t9-,10+,11-,12+,13+/m0/s1. The Labute approximate surface area is 146 Å². The highest BCUT2D eigenvalue weighted by atomic mass is 32.2. The van der Waals surface area contributed by atoms with Crippen LogP contribution in [0.5, 0.6) is 0 Å². The molecule has 0 aliphatic carbocycles. The van der Waals surface area contributed by atoms with E-state index in [0.29, 0.717) is 5.75 Å². The predicted molar refractivity (Wildman–Crippen MR) is 91.4 cm³/mol. The van der Waals surface area contributed by atoms with E-state index in [0.717, 1.165) is 17.4 Å². The summed E-state index contributed by atoms with van der Waals surface area (Å²) in [6.07, 6.45) is 0.0581. The summed E-state index contributed by atoms with van der Waals surface area (Å²) in [6.45, 7) is 5.72. The minimum Gasteiger partial charge on any atom is -0.389 e. The van der Waals surface area contributed by atoms with Gasteiger partial charge in [-0.3, -0.25) is 0 Å². The number of fused-ring (bicyclic) bond motifs is 1. The molecule has 0 amide bonds. The summed E-state index contributed by atoms with van der Waals surface area (Å²) in [6, 6.07) is 0. The molecule has 3 aliphatic heterocycles. The molecule has 0 unspecified atom stereocenters. The summed E-state index contributed by atoms with van der Waals surface area (Å²) < 4.78 is 23.8. The quantitative estimate of drug-likeness (QED) is 0.751. The fourth-order valence-corrected chi connectivity index (χ4v) is 4.58. The number of thioether (sulfide) groups is 1. The summed E-state index contributed by atoms with van der Waals surface area (Å²) in [7, 11) is 1.60. The smallest absolute Gasteiger partial charge is 0.190 e. The van der Waals surface area contributed by atoms with Crippen molar-refractivity contribution in [3.05, 3.63) is 0 Å². The van der Waals surface area contributed by atoms with Crippen LogP contribution in [0.1, 0.15) is 26.7 Å². The van der Waals surface area contributed by atoms with Crippen molar-refractivity contribution in [3.63, 3.8) is 0 Å². The molecule has 0 aromatic rings. The largest absolute Gasteiger partial charge is 0.389 e. The Morgan fingerprint density at radius 2 is 2.09 bits per heavy atom. The zero-order valence-corrected chi connectivity index (χ0v) is 15.4. The molecule has 0 aromatic carbocycles. The third-order valence-electron chi connectivity index (χ3n) is 4.42. The average Bonchev–Trinajstić information content (AvgIpc) is 3.17. The van der Waals surface area contributed by atoms with E-state index in [2.05, 4.69) is 4.90 Å². The number of rotatable bonds is 4. The van der Waals surface area contributed by atoms with E-state index in [9.17, 15) is 5.11 Å². The second-order valence-corrected chi connectivity index (χ2v) is 8.26. The second kappa shape index (κ2) is 7.11. The van der Waals surface area contributed by atoms with Gasteiger partial charge in [-0.1, -0.05) is 24.0 Å². The minimum absolute atomic E-state index is 0.315. The highest BCUT2D eigenvalue weighted by Gasteiger charge is 2.56. The molecule has 5 atom stereocenters. The number of thiocarbonyl (C=S) groups is 1. The number of methoxy groups -OCH3 is 1. The molecule has 3 rings (SSSR count). The Balaban J connectivity index is 1.53. The molecular weight excluding hydrogens is 338 g/mol. The van der Waals surface area contributed by atoms with Crippen molar-refractivity contribution >= 4 is 28.3 Å². The first-order chi connectivity index (χ1) is 10.9. The topological polar surface area (TPSA) is 60.4 Å². The molecule has 0 bridgehead atoms. The molecule has 3 saturated heterocycles. The fourth-order valence-electron chi connectivity index (χ4n) is 3.32. The van der Waals surface area contributed by atoms with Gasteiger partial charge in [0.2, 0.25) is 0 Å². The molecule has 6 nitrogen and oxygen atoms in total. The number of likely N-dealkylation sites (tertiary alicyclic amines) is 1. The lowest BCUT2D eigenvalue weighted by atomic mass is 10.1. The Hall–Kier alpha value is 0.0400. The maximum atomic E-state index is 10.5. The van der Waals surface area contributed by atoms with Gasteiger partial charge in [0.15, 0.2) is 12.1 Å². The van der Waals surface area contributed by atoms with Crippen LogP contribution in [0.2, 0.25) is 0 Å². The average molecular weight is 364 g/mol. The number of aliphatic hydroxyl groups is 1. The van der Waals surface area contributed by atoms with Gasteiger partial charge in [-0.15, -0.1) is 0 Å². The molecule has 3 fully saturated rings. The Morgan fingerprint density at radius 1 is 1.39 bits per heavy atom. The van der Waals surface area contributed by atoms with Crippen LogP contribution in [0.3, 0.4) is 0 Å². The predicted octanol–water partition coefficient (Wildman–Crippen LogP) is 1.35. The molecule has 132 valence electrons. The van der Waals surface area contributed by atoms with Crippen LogP contribution >= 0.6 is 24.0 Å². The summed E-state index contributed by atoms with van der Waals surface area (Å²) in [5.41, 5.74) is 0. The monoisotopic (exact) mass is 363 g/mol. The van der Waals surface area contributed by atoms with Crippen molar-refractivity contribution in [3.8, 4) is 0 Å². The zero-order valence-electron chi connectivity index (χ0n) is 13.8. The third-order valence-corrected chi connectivity index (χ3v) is 6.05. The van der Waals surface area contributed by atoms with Gasteiger partial charge < -0.3 is 29.0 Å². The van der Waals surface area contributed by atoms with Crippen LogP contribution in [0, 0.1) is 0 Å². The van der Waals surface area contributed by atoms with E-state index >= 15 is 0 Å². The van der Waals surface area contributed by atoms with Crippen LogP contribution in [0.4, 0.5) is 0 Å². The molecule has 0 saturated carbocycles. The summed E-state index contributed by atoms with van der Waals surface area (Å²) in [5.74, 6) is -0.212. The van der Waals surface area contributed by atoms with Gasteiger partial charge in [0.1, 0.15) is 22.6 Å². The number of nitrogens with zero attached hydrogens (tertiary/aromatic N) is 1. The Kier molecular flexibility index (Phi) is 5.52. The second-order valence-electron chi connectivity index (χ2n) is 6.61. The fraction of sp³-hybridized carbons (Fsp3) is 0.933. The number of aliphatic hydroxyl groups excluding tert-OH is 1. The normalized spacial score (nSPS) is 37.1. The SMILES string of the molecule is CO[C@@H]1[C@H]2OC(C)(C)O[C@H]2O[C@@H]1[C@@H](O)CSC(=S)N1CCCC1. The van der Waals surface area contributed by atoms with E-state index in [1.165, 1.54) is 24.6 Å². The van der Waals surface area contributed by atoms with Gasteiger partial charge in [-0.2, -0.15) is 0 Å². The lowest BCUT2D eigenvalue weighted by Gasteiger charge is -2.28. The summed E-state index contributed by atoms with van der Waals surface area (Å²) in [4.78, 5) is 2.19. The van der Waals surface area contributed by atoms with Gasteiger partial charge in [-0.05, 0) is 26.7 Å². The van der Waals surface area contributed by atoms with E-state index in [4.69, 9.17) is 31.2 Å². The molecule has 0 spiro atoms. The van der Waals surface area contributed by atoms with Crippen LogP contribution in [-0.2, 0) is 18.9 Å². The molecule has 1 N–H and O–H groups in total. The molecule has 23 heavy (non-hydrogen) atoms. The van der Waals surface area contributed by atoms with E-state index in [1.807, 2.05) is 13.8 Å². The maximum absolute atomic E-state index is 10.5. The van der Waals surface area contributed by atoms with Crippen molar-refractivity contribution in [2.24, 2.45) is 0 Å². The van der Waals surface area contributed by atoms with Crippen molar-refractivity contribution < 1.29 is 24.1 Å². The van der Waals surface area contributed by atoms with Gasteiger partial charge >= 0.3 is 0 Å². The molecule has 0 radical (unpaired) electrons. The first kappa shape index (κ1) is 17.8. The van der Waals surface area contributed by atoms with Crippen LogP contribution in [0.25, 0.3) is 0 Å². The maximum Gasteiger partial charge on any atom is 0.190 e. The van der Waals surface area contributed by atoms with Crippen LogP contribution < -0.4 is 0 Å². The molecule has 8 heteroatoms. The van der Waals surface area contributed by atoms with E-state index in [-0.39, 0.29) is 12.2 Å². The summed E-state index contributed by atoms with van der Waals surface area (Å²) in [5, 5.41) is 10.5. The highest BCUT2D eigenvalue weighted by Crippen LogP contribution is 2.39. The van der Waals surface area contributed by atoms with Gasteiger partial charge in [-0.25, -0.2) is 0 Å². The summed E-state index contributed by atoms with van der Waals surface area (Å²) >= 11 is 6.93. The van der Waals surface area contributed by atoms with Crippen molar-refractivity contribution in [2.75, 3.05) is 26.0 Å². The third kappa shape index (κ3) is 3.84. The van der Waals surface area contributed by atoms with E-state index in [1.54, 1.807) is 7.11 Å². The van der Waals surface area contributed by atoms with Crippen molar-refractivity contribution in [1.82, 2.24) is 4.90 Å². The molecule has 3 aliphatic rings. The highest BCUT2D eigenvalue weighted by molar-refractivity contribution is 8.22. The molecule has 0 aromatic heterocycles. The Bertz CT molecular complexity index is 444. The zero-order chi connectivity index (χ0) is 16.6. The van der Waals surface area contributed by atoms with Gasteiger partial charge in [0.05, 0.1) is 6.10 Å². The minimum atomic E-state index is -0.689. The van der Waals surface area contributed by atoms with Crippen LogP contribution in [0.15, 0.2) is 0 Å². The van der Waals surface area contributed by atoms with Crippen molar-refractivity contribution in [2.45, 2.75) is 63.2 Å². The first-order valence-electron chi connectivity index (χ1n) is 8.05. The van der Waals surface area contributed by atoms with Crippen LogP contribution in [-0.4, -0.2) is 76.8 Å². The van der Waals surface area contributed by atoms with Gasteiger partial charge in [0.25, 0.3) is 0 Å². The number of hydrogen-bond acceptors (Lipinski definition) is 7. The lowest BCUT2D eigenvalue weighted by Crippen LogP contribution is -2.43. The van der Waals surface area contributed by atoms with E-state index < -0.39 is 24.3 Å². The lowest BCUT2D eigenvalue weighted by molar-refractivity contribution is -0.226. The number of hydrogen-bond donors (Lipinski definition) is 1. The number of ether oxygens (including phenoxy) is 4.